The van der Waals surface area contributed by atoms with Crippen molar-refractivity contribution in [3.8, 4) is 0 Å². The number of hydrogen-bond acceptors (Lipinski definition) is 6. The quantitative estimate of drug-likeness (QED) is 0.646. The van der Waals surface area contributed by atoms with Crippen molar-refractivity contribution in [3.05, 3.63) is 64.5 Å². The summed E-state index contributed by atoms with van der Waals surface area (Å²) in [5.74, 6) is -0.544. The van der Waals surface area contributed by atoms with Crippen molar-refractivity contribution in [1.82, 2.24) is 20.2 Å². The smallest absolute Gasteiger partial charge is 0.270 e. The van der Waals surface area contributed by atoms with Gasteiger partial charge in [-0.3, -0.25) is 14.4 Å². The standard InChI is InChI=1S/C23H24N4O5/c28-20-9-18(25-14-26-20)21(29)24-11-15-10-23(5-7-31-8-6-23)13-27(15)22(30)17-12-32-19-4-2-1-3-16(17)19/h1-4,9,12,14-15H,5-8,10-11,13H2,(H,24,29)(H,25,26,28). The number of amides is 2. The van der Waals surface area contributed by atoms with Crippen LogP contribution in [-0.4, -0.2) is 59.0 Å². The molecule has 4 heterocycles. The van der Waals surface area contributed by atoms with E-state index in [2.05, 4.69) is 15.3 Å². The molecule has 2 saturated heterocycles. The molecule has 1 aromatic carbocycles. The van der Waals surface area contributed by atoms with Gasteiger partial charge >= 0.3 is 0 Å². The van der Waals surface area contributed by atoms with Crippen LogP contribution in [0.2, 0.25) is 0 Å². The maximum atomic E-state index is 13.6. The second-order valence-corrected chi connectivity index (χ2v) is 8.56. The number of likely N-dealkylation sites (tertiary alicyclic amines) is 1. The van der Waals surface area contributed by atoms with Crippen LogP contribution in [-0.2, 0) is 4.74 Å². The maximum Gasteiger partial charge on any atom is 0.270 e. The third kappa shape index (κ3) is 3.80. The summed E-state index contributed by atoms with van der Waals surface area (Å²) >= 11 is 0. The predicted octanol–water partition coefficient (Wildman–Crippen LogP) is 1.96. The van der Waals surface area contributed by atoms with E-state index in [0.29, 0.717) is 30.9 Å². The molecule has 2 fully saturated rings. The van der Waals surface area contributed by atoms with E-state index in [4.69, 9.17) is 9.15 Å². The first-order valence-corrected chi connectivity index (χ1v) is 10.7. The molecule has 2 aliphatic heterocycles. The van der Waals surface area contributed by atoms with E-state index < -0.39 is 11.5 Å². The minimum absolute atomic E-state index is 0.0228. The number of para-hydroxylation sites is 1. The number of ether oxygens (including phenoxy) is 1. The fraction of sp³-hybridized carbons (Fsp3) is 0.391. The number of aromatic nitrogens is 2. The highest BCUT2D eigenvalue weighted by Gasteiger charge is 2.47. The van der Waals surface area contributed by atoms with Crippen molar-refractivity contribution in [1.29, 1.82) is 0 Å². The van der Waals surface area contributed by atoms with Gasteiger partial charge in [0.15, 0.2) is 0 Å². The van der Waals surface area contributed by atoms with Gasteiger partial charge in [0.25, 0.3) is 17.4 Å². The molecule has 0 radical (unpaired) electrons. The maximum absolute atomic E-state index is 13.6. The Labute approximate surface area is 183 Å². The van der Waals surface area contributed by atoms with E-state index in [1.54, 1.807) is 0 Å². The molecule has 2 aliphatic rings. The number of nitrogens with one attached hydrogen (secondary N) is 2. The molecule has 0 bridgehead atoms. The van der Waals surface area contributed by atoms with Gasteiger partial charge < -0.3 is 24.4 Å². The van der Waals surface area contributed by atoms with E-state index in [0.717, 1.165) is 30.7 Å². The van der Waals surface area contributed by atoms with Gasteiger partial charge in [0.05, 0.1) is 11.9 Å². The van der Waals surface area contributed by atoms with Crippen molar-refractivity contribution in [2.45, 2.75) is 25.3 Å². The first kappa shape index (κ1) is 20.4. The third-order valence-electron chi connectivity index (χ3n) is 6.55. The molecule has 2 aromatic heterocycles. The van der Waals surface area contributed by atoms with E-state index in [1.165, 1.54) is 12.6 Å². The van der Waals surface area contributed by atoms with Crippen LogP contribution in [0.15, 0.2) is 52.1 Å². The SMILES string of the molecule is O=C(NCC1CC2(CCOCC2)CN1C(=O)c1coc2ccccc12)c1cc(=O)[nH]cn1. The Morgan fingerprint density at radius 1 is 1.25 bits per heavy atom. The van der Waals surface area contributed by atoms with Crippen LogP contribution in [0.4, 0.5) is 0 Å². The van der Waals surface area contributed by atoms with E-state index in [-0.39, 0.29) is 29.6 Å². The fourth-order valence-electron chi connectivity index (χ4n) is 4.84. The molecule has 0 aliphatic carbocycles. The Hall–Kier alpha value is -3.46. The molecule has 1 atom stereocenters. The largest absolute Gasteiger partial charge is 0.463 e. The van der Waals surface area contributed by atoms with Crippen LogP contribution < -0.4 is 10.9 Å². The van der Waals surface area contributed by atoms with Gasteiger partial charge in [0.2, 0.25) is 0 Å². The molecule has 2 N–H and O–H groups in total. The normalized spacial score (nSPS) is 20.0. The molecule has 166 valence electrons. The molecule has 1 spiro atoms. The Morgan fingerprint density at radius 2 is 2.06 bits per heavy atom. The van der Waals surface area contributed by atoms with E-state index >= 15 is 0 Å². The number of furan rings is 1. The van der Waals surface area contributed by atoms with Gasteiger partial charge in [0.1, 0.15) is 17.5 Å². The lowest BCUT2D eigenvalue weighted by atomic mass is 9.78. The van der Waals surface area contributed by atoms with Crippen molar-refractivity contribution >= 4 is 22.8 Å². The molecule has 9 heteroatoms. The lowest BCUT2D eigenvalue weighted by Gasteiger charge is -2.33. The summed E-state index contributed by atoms with van der Waals surface area (Å²) in [5, 5.41) is 3.63. The number of benzene rings is 1. The lowest BCUT2D eigenvalue weighted by Crippen LogP contribution is -2.43. The minimum atomic E-state index is -0.440. The van der Waals surface area contributed by atoms with Gasteiger partial charge in [-0.2, -0.15) is 0 Å². The Kier molecular flexibility index (Phi) is 5.26. The molecule has 0 saturated carbocycles. The summed E-state index contributed by atoms with van der Waals surface area (Å²) in [4.78, 5) is 45.8. The molecule has 3 aromatic rings. The van der Waals surface area contributed by atoms with Crippen LogP contribution >= 0.6 is 0 Å². The third-order valence-corrected chi connectivity index (χ3v) is 6.55. The van der Waals surface area contributed by atoms with Crippen LogP contribution in [0.1, 0.15) is 40.1 Å². The summed E-state index contributed by atoms with van der Waals surface area (Å²) in [6.07, 6.45) is 5.24. The van der Waals surface area contributed by atoms with Crippen molar-refractivity contribution < 1.29 is 18.7 Å². The molecular weight excluding hydrogens is 412 g/mol. The number of H-pyrrole nitrogens is 1. The second-order valence-electron chi connectivity index (χ2n) is 8.56. The molecule has 2 amide bonds. The number of nitrogens with zero attached hydrogens (tertiary/aromatic N) is 2. The topological polar surface area (TPSA) is 118 Å². The number of carbonyl (C=O) groups is 2. The average molecular weight is 436 g/mol. The van der Waals surface area contributed by atoms with E-state index in [9.17, 15) is 14.4 Å². The summed E-state index contributed by atoms with van der Waals surface area (Å²) in [7, 11) is 0. The summed E-state index contributed by atoms with van der Waals surface area (Å²) in [5.41, 5.74) is 0.825. The van der Waals surface area contributed by atoms with Gasteiger partial charge in [-0.15, -0.1) is 0 Å². The average Bonchev–Trinajstić information content (AvgIpc) is 3.39. The van der Waals surface area contributed by atoms with Crippen LogP contribution in [0.25, 0.3) is 11.0 Å². The number of aromatic amines is 1. The molecule has 1 unspecified atom stereocenters. The lowest BCUT2D eigenvalue weighted by molar-refractivity contribution is 0.0190. The van der Waals surface area contributed by atoms with Gasteiger partial charge in [-0.25, -0.2) is 4.98 Å². The molecule has 5 rings (SSSR count). The Morgan fingerprint density at radius 3 is 2.88 bits per heavy atom. The van der Waals surface area contributed by atoms with Gasteiger partial charge in [-0.1, -0.05) is 18.2 Å². The van der Waals surface area contributed by atoms with Gasteiger partial charge in [0, 0.05) is 43.8 Å². The summed E-state index contributed by atoms with van der Waals surface area (Å²) in [6.45, 7) is 2.23. The fourth-order valence-corrected chi connectivity index (χ4v) is 4.84. The number of rotatable bonds is 4. The van der Waals surface area contributed by atoms with Crippen LogP contribution in [0.5, 0.6) is 0 Å². The number of fused-ring (bicyclic) bond motifs is 1. The number of hydrogen-bond donors (Lipinski definition) is 2. The van der Waals surface area contributed by atoms with Crippen molar-refractivity contribution in [2.24, 2.45) is 5.41 Å². The monoisotopic (exact) mass is 436 g/mol. The zero-order valence-electron chi connectivity index (χ0n) is 17.5. The highest BCUT2D eigenvalue weighted by molar-refractivity contribution is 6.06. The number of carbonyl (C=O) groups excluding carboxylic acids is 2. The van der Waals surface area contributed by atoms with E-state index in [1.807, 2.05) is 29.2 Å². The zero-order chi connectivity index (χ0) is 22.1. The highest BCUT2D eigenvalue weighted by Crippen LogP contribution is 2.43. The highest BCUT2D eigenvalue weighted by atomic mass is 16.5. The van der Waals surface area contributed by atoms with Gasteiger partial charge in [-0.05, 0) is 30.7 Å². The first-order chi connectivity index (χ1) is 15.5. The molecule has 32 heavy (non-hydrogen) atoms. The first-order valence-electron chi connectivity index (χ1n) is 10.7. The zero-order valence-corrected chi connectivity index (χ0v) is 17.5. The van der Waals surface area contributed by atoms with Crippen molar-refractivity contribution in [2.75, 3.05) is 26.3 Å². The molecule has 9 nitrogen and oxygen atoms in total. The second kappa shape index (κ2) is 8.23. The summed E-state index contributed by atoms with van der Waals surface area (Å²) in [6, 6.07) is 8.44. The predicted molar refractivity (Wildman–Crippen MR) is 115 cm³/mol. The van der Waals surface area contributed by atoms with Crippen LogP contribution in [0, 0.1) is 5.41 Å². The Bertz CT molecular complexity index is 1210. The minimum Gasteiger partial charge on any atom is -0.463 e. The van der Waals surface area contributed by atoms with Crippen LogP contribution in [0.3, 0.4) is 0 Å². The van der Waals surface area contributed by atoms with Crippen molar-refractivity contribution in [3.63, 3.8) is 0 Å². The molecular formula is C23H24N4O5. The summed E-state index contributed by atoms with van der Waals surface area (Å²) < 4.78 is 11.1. The Balaban J connectivity index is 1.39.